The largest absolute Gasteiger partial charge is 0.497 e. The van der Waals surface area contributed by atoms with Crippen LogP contribution < -0.4 is 19.9 Å². The second-order valence-electron chi connectivity index (χ2n) is 6.89. The van der Waals surface area contributed by atoms with E-state index in [9.17, 15) is 4.39 Å². The van der Waals surface area contributed by atoms with Crippen LogP contribution in [0.3, 0.4) is 0 Å². The highest BCUT2D eigenvalue weighted by molar-refractivity contribution is 5.52. The van der Waals surface area contributed by atoms with Crippen LogP contribution in [0.4, 0.5) is 21.7 Å². The number of rotatable bonds is 6. The lowest BCUT2D eigenvalue weighted by Gasteiger charge is -2.36. The molecule has 4 rings (SSSR count). The van der Waals surface area contributed by atoms with Crippen LogP contribution in [0.15, 0.2) is 60.9 Å². The summed E-state index contributed by atoms with van der Waals surface area (Å²) in [6, 6.07) is 16.8. The Hall–Kier alpha value is -3.35. The van der Waals surface area contributed by atoms with Gasteiger partial charge in [-0.2, -0.15) is 0 Å². The van der Waals surface area contributed by atoms with E-state index >= 15 is 0 Å². The lowest BCUT2D eigenvalue weighted by Crippen LogP contribution is -2.47. The van der Waals surface area contributed by atoms with E-state index in [0.29, 0.717) is 12.2 Å². The summed E-state index contributed by atoms with van der Waals surface area (Å²) in [6.07, 6.45) is 1.58. The number of benzene rings is 2. The number of anilines is 3. The lowest BCUT2D eigenvalue weighted by atomic mass is 10.2. The highest BCUT2D eigenvalue weighted by Crippen LogP contribution is 2.23. The number of piperazine rings is 1. The molecule has 0 amide bonds. The molecule has 3 aromatic rings. The second kappa shape index (κ2) is 8.77. The molecule has 0 radical (unpaired) electrons. The van der Waals surface area contributed by atoms with Crippen molar-refractivity contribution in [2.24, 2.45) is 0 Å². The number of ether oxygens (including phenoxy) is 1. The molecule has 2 heterocycles. The normalized spacial score (nSPS) is 14.0. The smallest absolute Gasteiger partial charge is 0.146 e. The van der Waals surface area contributed by atoms with E-state index in [1.54, 1.807) is 19.5 Å². The van der Waals surface area contributed by atoms with Gasteiger partial charge in [0.15, 0.2) is 0 Å². The first-order chi connectivity index (χ1) is 14.2. The van der Waals surface area contributed by atoms with Crippen LogP contribution in [0, 0.1) is 5.82 Å². The molecular formula is C22H24FN5O. The van der Waals surface area contributed by atoms with Crippen LogP contribution in [0.25, 0.3) is 0 Å². The van der Waals surface area contributed by atoms with Gasteiger partial charge in [-0.1, -0.05) is 24.3 Å². The molecule has 2 aromatic carbocycles. The molecule has 0 atom stereocenters. The summed E-state index contributed by atoms with van der Waals surface area (Å²) < 4.78 is 19.2. The maximum Gasteiger partial charge on any atom is 0.146 e. The minimum Gasteiger partial charge on any atom is -0.497 e. The van der Waals surface area contributed by atoms with Crippen molar-refractivity contribution < 1.29 is 9.13 Å². The van der Waals surface area contributed by atoms with Gasteiger partial charge in [0.05, 0.1) is 12.8 Å². The summed E-state index contributed by atoms with van der Waals surface area (Å²) in [5.74, 6) is 2.33. The summed E-state index contributed by atoms with van der Waals surface area (Å²) in [7, 11) is 1.66. The predicted molar refractivity (Wildman–Crippen MR) is 113 cm³/mol. The minimum atomic E-state index is -0.173. The number of aromatic nitrogens is 2. The van der Waals surface area contributed by atoms with Gasteiger partial charge in [-0.05, 0) is 29.8 Å². The van der Waals surface area contributed by atoms with E-state index < -0.39 is 0 Å². The number of methoxy groups -OCH3 is 1. The number of nitrogens with zero attached hydrogens (tertiary/aromatic N) is 4. The van der Waals surface area contributed by atoms with Crippen LogP contribution >= 0.6 is 0 Å². The molecule has 0 unspecified atom stereocenters. The Bertz CT molecular complexity index is 942. The molecule has 1 aliphatic heterocycles. The molecule has 1 fully saturated rings. The van der Waals surface area contributed by atoms with Gasteiger partial charge in [0, 0.05) is 38.8 Å². The molecule has 1 saturated heterocycles. The standard InChI is InChI=1S/C22H24FN5O/c1-29-18-8-6-17(7-9-18)15-24-21-14-22(26-16-25-21)28-12-10-27(11-13-28)20-5-3-2-4-19(20)23/h2-9,14,16H,10-13,15H2,1H3,(H,24,25,26). The number of nitrogens with one attached hydrogen (secondary N) is 1. The monoisotopic (exact) mass is 393 g/mol. The molecule has 7 heteroatoms. The van der Waals surface area contributed by atoms with E-state index in [1.807, 2.05) is 42.5 Å². The first-order valence-corrected chi connectivity index (χ1v) is 9.66. The molecule has 0 aliphatic carbocycles. The quantitative estimate of drug-likeness (QED) is 0.691. The topological polar surface area (TPSA) is 53.5 Å². The average molecular weight is 393 g/mol. The maximum atomic E-state index is 14.0. The van der Waals surface area contributed by atoms with Gasteiger partial charge < -0.3 is 19.9 Å². The zero-order valence-electron chi connectivity index (χ0n) is 16.4. The Balaban J connectivity index is 1.36. The maximum absolute atomic E-state index is 14.0. The molecule has 29 heavy (non-hydrogen) atoms. The first-order valence-electron chi connectivity index (χ1n) is 9.66. The molecule has 150 valence electrons. The zero-order valence-corrected chi connectivity index (χ0v) is 16.4. The third-order valence-corrected chi connectivity index (χ3v) is 5.08. The highest BCUT2D eigenvalue weighted by atomic mass is 19.1. The molecule has 0 saturated carbocycles. The van der Waals surface area contributed by atoms with Gasteiger partial charge in [-0.3, -0.25) is 0 Å². The first kappa shape index (κ1) is 19.0. The summed E-state index contributed by atoms with van der Waals surface area (Å²) >= 11 is 0. The Morgan fingerprint density at radius 2 is 1.69 bits per heavy atom. The lowest BCUT2D eigenvalue weighted by molar-refractivity contribution is 0.414. The minimum absolute atomic E-state index is 0.173. The third-order valence-electron chi connectivity index (χ3n) is 5.08. The molecule has 6 nitrogen and oxygen atoms in total. The average Bonchev–Trinajstić information content (AvgIpc) is 2.79. The van der Waals surface area contributed by atoms with Crippen molar-refractivity contribution in [3.63, 3.8) is 0 Å². The van der Waals surface area contributed by atoms with E-state index in [2.05, 4.69) is 25.1 Å². The SMILES string of the molecule is COc1ccc(CNc2cc(N3CCN(c4ccccc4F)CC3)ncn2)cc1. The highest BCUT2D eigenvalue weighted by Gasteiger charge is 2.20. The number of hydrogen-bond donors (Lipinski definition) is 1. The van der Waals surface area contributed by atoms with E-state index in [1.165, 1.54) is 6.07 Å². The molecule has 1 aliphatic rings. The number of para-hydroxylation sites is 1. The summed E-state index contributed by atoms with van der Waals surface area (Å²) in [5, 5.41) is 3.34. The fourth-order valence-corrected chi connectivity index (χ4v) is 3.44. The summed E-state index contributed by atoms with van der Waals surface area (Å²) in [4.78, 5) is 13.0. The van der Waals surface area contributed by atoms with E-state index in [-0.39, 0.29) is 5.82 Å². The van der Waals surface area contributed by atoms with E-state index in [4.69, 9.17) is 4.74 Å². The third kappa shape index (κ3) is 4.56. The molecule has 0 spiro atoms. The van der Waals surface area contributed by atoms with Gasteiger partial charge in [-0.25, -0.2) is 14.4 Å². The number of hydrogen-bond acceptors (Lipinski definition) is 6. The molecule has 1 aromatic heterocycles. The summed E-state index contributed by atoms with van der Waals surface area (Å²) in [6.45, 7) is 3.73. The second-order valence-corrected chi connectivity index (χ2v) is 6.89. The summed E-state index contributed by atoms with van der Waals surface area (Å²) in [5.41, 5.74) is 1.81. The van der Waals surface area contributed by atoms with Crippen molar-refractivity contribution in [3.05, 3.63) is 72.3 Å². The van der Waals surface area contributed by atoms with Gasteiger partial charge in [-0.15, -0.1) is 0 Å². The van der Waals surface area contributed by atoms with Gasteiger partial charge >= 0.3 is 0 Å². The zero-order chi connectivity index (χ0) is 20.1. The fraction of sp³-hybridized carbons (Fsp3) is 0.273. The van der Waals surface area contributed by atoms with Crippen LogP contribution in [0.2, 0.25) is 0 Å². The fourth-order valence-electron chi connectivity index (χ4n) is 3.44. The van der Waals surface area contributed by atoms with Crippen LogP contribution in [-0.2, 0) is 6.54 Å². The Morgan fingerprint density at radius 1 is 0.966 bits per heavy atom. The van der Waals surface area contributed by atoms with Crippen LogP contribution in [-0.4, -0.2) is 43.3 Å². The Labute approximate surface area is 170 Å². The van der Waals surface area contributed by atoms with Crippen molar-refractivity contribution in [3.8, 4) is 5.75 Å². The molecular weight excluding hydrogens is 369 g/mol. The van der Waals surface area contributed by atoms with Crippen LogP contribution in [0.5, 0.6) is 5.75 Å². The molecule has 1 N–H and O–H groups in total. The van der Waals surface area contributed by atoms with Crippen molar-refractivity contribution in [1.29, 1.82) is 0 Å². The predicted octanol–water partition coefficient (Wildman–Crippen LogP) is 3.56. The Morgan fingerprint density at radius 3 is 2.41 bits per heavy atom. The van der Waals surface area contributed by atoms with Gasteiger partial charge in [0.1, 0.15) is 29.5 Å². The van der Waals surface area contributed by atoms with Crippen molar-refractivity contribution >= 4 is 17.3 Å². The molecule has 0 bridgehead atoms. The van der Waals surface area contributed by atoms with Gasteiger partial charge in [0.2, 0.25) is 0 Å². The van der Waals surface area contributed by atoms with Crippen molar-refractivity contribution in [2.75, 3.05) is 48.4 Å². The van der Waals surface area contributed by atoms with E-state index in [0.717, 1.165) is 49.1 Å². The number of halogens is 1. The van der Waals surface area contributed by atoms with Gasteiger partial charge in [0.25, 0.3) is 0 Å². The van der Waals surface area contributed by atoms with Crippen LogP contribution in [0.1, 0.15) is 5.56 Å². The Kier molecular flexibility index (Phi) is 5.74. The van der Waals surface area contributed by atoms with Crippen molar-refractivity contribution in [2.45, 2.75) is 6.54 Å². The van der Waals surface area contributed by atoms with Crippen molar-refractivity contribution in [1.82, 2.24) is 9.97 Å².